The Morgan fingerprint density at radius 1 is 1.69 bits per heavy atom. The first-order valence-electron chi connectivity index (χ1n) is 5.78. The summed E-state index contributed by atoms with van der Waals surface area (Å²) in [6, 6.07) is 4.30. The highest BCUT2D eigenvalue weighted by atomic mass is 16.4. The van der Waals surface area contributed by atoms with Crippen molar-refractivity contribution in [1.29, 1.82) is 0 Å². The number of aromatic amines is 1. The van der Waals surface area contributed by atoms with Gasteiger partial charge >= 0.3 is 5.97 Å². The number of carbonyl (C=O) groups is 1. The van der Waals surface area contributed by atoms with Crippen LogP contribution in [0.15, 0.2) is 18.3 Å². The Kier molecular flexibility index (Phi) is 3.29. The zero-order valence-electron chi connectivity index (χ0n) is 9.52. The number of aromatic nitrogens is 1. The van der Waals surface area contributed by atoms with Crippen LogP contribution in [0.5, 0.6) is 0 Å². The number of carboxylic acid groups (broad SMARTS) is 1. The highest BCUT2D eigenvalue weighted by molar-refractivity contribution is 5.70. The van der Waals surface area contributed by atoms with Crippen molar-refractivity contribution in [2.75, 3.05) is 13.1 Å². The number of rotatable bonds is 3. The molecule has 2 unspecified atom stereocenters. The summed E-state index contributed by atoms with van der Waals surface area (Å²) in [6.45, 7) is 3.77. The topological polar surface area (TPSA) is 56.3 Å². The number of H-pyrrole nitrogens is 1. The molecule has 2 N–H and O–H groups in total. The molecule has 1 aromatic heterocycles. The van der Waals surface area contributed by atoms with Crippen LogP contribution in [0.4, 0.5) is 0 Å². The zero-order chi connectivity index (χ0) is 11.5. The van der Waals surface area contributed by atoms with Gasteiger partial charge in [-0.15, -0.1) is 0 Å². The van der Waals surface area contributed by atoms with Crippen LogP contribution in [0.3, 0.4) is 0 Å². The predicted octanol–water partition coefficient (Wildman–Crippen LogP) is 1.87. The molecule has 0 radical (unpaired) electrons. The van der Waals surface area contributed by atoms with Gasteiger partial charge in [0.2, 0.25) is 0 Å². The van der Waals surface area contributed by atoms with Crippen LogP contribution in [-0.4, -0.2) is 34.0 Å². The van der Waals surface area contributed by atoms with E-state index in [0.29, 0.717) is 6.54 Å². The van der Waals surface area contributed by atoms with E-state index in [1.807, 2.05) is 12.3 Å². The van der Waals surface area contributed by atoms with Gasteiger partial charge in [0, 0.05) is 24.5 Å². The van der Waals surface area contributed by atoms with Crippen LogP contribution in [0.2, 0.25) is 0 Å². The number of hydrogen-bond donors (Lipinski definition) is 2. The highest BCUT2D eigenvalue weighted by Crippen LogP contribution is 2.25. The van der Waals surface area contributed by atoms with E-state index in [0.717, 1.165) is 25.1 Å². The molecule has 0 aliphatic carbocycles. The SMILES string of the molecule is CC(c1ccc[nH]1)N1CCCC(C(=O)O)C1. The van der Waals surface area contributed by atoms with E-state index in [2.05, 4.69) is 22.9 Å². The molecule has 4 heteroatoms. The van der Waals surface area contributed by atoms with Crippen LogP contribution < -0.4 is 0 Å². The standard InChI is InChI=1S/C12H18N2O2/c1-9(11-5-2-6-13-11)14-7-3-4-10(8-14)12(15)16/h2,5-6,9-10,13H,3-4,7-8H2,1H3,(H,15,16). The third-order valence-corrected chi connectivity index (χ3v) is 3.42. The van der Waals surface area contributed by atoms with Gasteiger partial charge in [0.25, 0.3) is 0 Å². The molecular weight excluding hydrogens is 204 g/mol. The van der Waals surface area contributed by atoms with Crippen LogP contribution >= 0.6 is 0 Å². The van der Waals surface area contributed by atoms with Crippen molar-refractivity contribution in [3.63, 3.8) is 0 Å². The number of hydrogen-bond acceptors (Lipinski definition) is 2. The molecule has 0 bridgehead atoms. The molecule has 16 heavy (non-hydrogen) atoms. The van der Waals surface area contributed by atoms with E-state index in [4.69, 9.17) is 5.11 Å². The fourth-order valence-electron chi connectivity index (χ4n) is 2.36. The van der Waals surface area contributed by atoms with Crippen molar-refractivity contribution in [2.24, 2.45) is 5.92 Å². The summed E-state index contributed by atoms with van der Waals surface area (Å²) in [5.41, 5.74) is 1.16. The summed E-state index contributed by atoms with van der Waals surface area (Å²) in [6.07, 6.45) is 3.69. The molecule has 4 nitrogen and oxygen atoms in total. The lowest BCUT2D eigenvalue weighted by molar-refractivity contribution is -0.143. The minimum absolute atomic E-state index is 0.203. The van der Waals surface area contributed by atoms with E-state index < -0.39 is 5.97 Å². The summed E-state index contributed by atoms with van der Waals surface area (Å²) in [7, 11) is 0. The lowest BCUT2D eigenvalue weighted by Crippen LogP contribution is -2.40. The van der Waals surface area contributed by atoms with Crippen molar-refractivity contribution in [3.05, 3.63) is 24.0 Å². The van der Waals surface area contributed by atoms with Gasteiger partial charge in [-0.2, -0.15) is 0 Å². The number of aliphatic carboxylic acids is 1. The van der Waals surface area contributed by atoms with Gasteiger partial charge in [-0.05, 0) is 38.4 Å². The molecule has 1 fully saturated rings. The quantitative estimate of drug-likeness (QED) is 0.821. The molecule has 88 valence electrons. The molecule has 1 saturated heterocycles. The summed E-state index contributed by atoms with van der Waals surface area (Å²) in [4.78, 5) is 16.4. The van der Waals surface area contributed by atoms with Crippen molar-refractivity contribution in [2.45, 2.75) is 25.8 Å². The Balaban J connectivity index is 2.01. The fourth-order valence-corrected chi connectivity index (χ4v) is 2.36. The number of nitrogens with zero attached hydrogens (tertiary/aromatic N) is 1. The smallest absolute Gasteiger partial charge is 0.307 e. The lowest BCUT2D eigenvalue weighted by atomic mass is 9.96. The first kappa shape index (κ1) is 11.2. The van der Waals surface area contributed by atoms with Gasteiger partial charge in [-0.25, -0.2) is 0 Å². The minimum atomic E-state index is -0.664. The molecule has 2 atom stereocenters. The number of nitrogens with one attached hydrogen (secondary N) is 1. The Hall–Kier alpha value is -1.29. The number of carboxylic acids is 1. The van der Waals surface area contributed by atoms with Crippen LogP contribution in [0.1, 0.15) is 31.5 Å². The average Bonchev–Trinajstić information content (AvgIpc) is 2.81. The third-order valence-electron chi connectivity index (χ3n) is 3.42. The molecule has 0 amide bonds. The van der Waals surface area contributed by atoms with Crippen LogP contribution in [-0.2, 0) is 4.79 Å². The summed E-state index contributed by atoms with van der Waals surface area (Å²) < 4.78 is 0. The second-order valence-electron chi connectivity index (χ2n) is 4.47. The van der Waals surface area contributed by atoms with E-state index in [1.54, 1.807) is 0 Å². The van der Waals surface area contributed by atoms with Crippen LogP contribution in [0.25, 0.3) is 0 Å². The maximum absolute atomic E-state index is 11.0. The van der Waals surface area contributed by atoms with Gasteiger partial charge in [0.1, 0.15) is 0 Å². The van der Waals surface area contributed by atoms with Crippen molar-refractivity contribution >= 4 is 5.97 Å². The molecule has 0 aromatic carbocycles. The highest BCUT2D eigenvalue weighted by Gasteiger charge is 2.28. The normalized spacial score (nSPS) is 24.2. The van der Waals surface area contributed by atoms with Crippen molar-refractivity contribution in [3.8, 4) is 0 Å². The Bertz CT molecular complexity index is 348. The van der Waals surface area contributed by atoms with Gasteiger partial charge in [-0.3, -0.25) is 9.69 Å². The molecular formula is C12H18N2O2. The molecule has 1 aliphatic rings. The van der Waals surface area contributed by atoms with Crippen LogP contribution in [0, 0.1) is 5.92 Å². The lowest BCUT2D eigenvalue weighted by Gasteiger charge is -2.34. The third kappa shape index (κ3) is 2.27. The summed E-state index contributed by atoms with van der Waals surface area (Å²) in [5, 5.41) is 9.03. The van der Waals surface area contributed by atoms with E-state index >= 15 is 0 Å². The molecule has 2 rings (SSSR count). The maximum atomic E-state index is 11.0. The predicted molar refractivity (Wildman–Crippen MR) is 61.1 cm³/mol. The molecule has 1 aliphatic heterocycles. The van der Waals surface area contributed by atoms with Crippen molar-refractivity contribution in [1.82, 2.24) is 9.88 Å². The molecule has 1 aromatic rings. The summed E-state index contributed by atoms with van der Waals surface area (Å²) >= 11 is 0. The molecule has 0 saturated carbocycles. The largest absolute Gasteiger partial charge is 0.481 e. The first-order valence-corrected chi connectivity index (χ1v) is 5.78. The Morgan fingerprint density at radius 3 is 3.12 bits per heavy atom. The number of piperidine rings is 1. The van der Waals surface area contributed by atoms with E-state index in [-0.39, 0.29) is 12.0 Å². The second-order valence-corrected chi connectivity index (χ2v) is 4.47. The fraction of sp³-hybridized carbons (Fsp3) is 0.583. The number of likely N-dealkylation sites (tertiary alicyclic amines) is 1. The van der Waals surface area contributed by atoms with Gasteiger partial charge in [0.05, 0.1) is 5.92 Å². The van der Waals surface area contributed by atoms with Gasteiger partial charge in [-0.1, -0.05) is 0 Å². The minimum Gasteiger partial charge on any atom is -0.481 e. The van der Waals surface area contributed by atoms with E-state index in [9.17, 15) is 4.79 Å². The van der Waals surface area contributed by atoms with Gasteiger partial charge < -0.3 is 10.1 Å². The van der Waals surface area contributed by atoms with Gasteiger partial charge in [0.15, 0.2) is 0 Å². The molecule has 2 heterocycles. The average molecular weight is 222 g/mol. The van der Waals surface area contributed by atoms with Crippen molar-refractivity contribution < 1.29 is 9.90 Å². The monoisotopic (exact) mass is 222 g/mol. The zero-order valence-corrected chi connectivity index (χ0v) is 9.52. The first-order chi connectivity index (χ1) is 7.68. The Labute approximate surface area is 95.3 Å². The second kappa shape index (κ2) is 4.70. The molecule has 0 spiro atoms. The Morgan fingerprint density at radius 2 is 2.50 bits per heavy atom. The van der Waals surface area contributed by atoms with E-state index in [1.165, 1.54) is 0 Å². The summed E-state index contributed by atoms with van der Waals surface area (Å²) in [5.74, 6) is -0.866. The maximum Gasteiger partial charge on any atom is 0.307 e.